The van der Waals surface area contributed by atoms with E-state index in [1.165, 1.54) is 27.1 Å². The van der Waals surface area contributed by atoms with Crippen LogP contribution in [0.1, 0.15) is 36.0 Å². The number of aromatic amines is 1. The predicted molar refractivity (Wildman–Crippen MR) is 132 cm³/mol. The first-order chi connectivity index (χ1) is 16.4. The molecule has 3 aromatic heterocycles. The number of unbranched alkanes of at least 4 members (excludes halogenated alkanes) is 1. The minimum atomic E-state index is -0.763. The number of nitrogens with two attached hydrogens (primary N) is 1. The van der Waals surface area contributed by atoms with Gasteiger partial charge in [-0.1, -0.05) is 37.1 Å². The summed E-state index contributed by atoms with van der Waals surface area (Å²) in [6.45, 7) is 2.21. The maximum atomic E-state index is 13.6. The average Bonchev–Trinajstić information content (AvgIpc) is 3.50. The number of furan rings is 1. The van der Waals surface area contributed by atoms with Crippen LogP contribution in [0.2, 0.25) is 5.02 Å². The van der Waals surface area contributed by atoms with Gasteiger partial charge in [-0.15, -0.1) is 11.3 Å². The number of carbonyl (C=O) groups is 1. The van der Waals surface area contributed by atoms with Gasteiger partial charge in [0.05, 0.1) is 12.8 Å². The molecule has 0 saturated carbocycles. The van der Waals surface area contributed by atoms with Gasteiger partial charge in [0.1, 0.15) is 22.3 Å². The highest BCUT2D eigenvalue weighted by atomic mass is 35.5. The van der Waals surface area contributed by atoms with Crippen molar-refractivity contribution in [2.75, 3.05) is 10.6 Å². The molecule has 0 saturated heterocycles. The normalized spacial score (nSPS) is 11.0. The van der Waals surface area contributed by atoms with Gasteiger partial charge in [-0.25, -0.2) is 9.78 Å². The minimum Gasteiger partial charge on any atom is -0.467 e. The lowest BCUT2D eigenvalue weighted by Crippen LogP contribution is -2.41. The summed E-state index contributed by atoms with van der Waals surface area (Å²) in [6, 6.07) is 10.5. The molecule has 0 aliphatic carbocycles. The Morgan fingerprint density at radius 3 is 2.82 bits per heavy atom. The number of benzene rings is 1. The Morgan fingerprint density at radius 1 is 1.29 bits per heavy atom. The predicted octanol–water partition coefficient (Wildman–Crippen LogP) is 4.14. The molecular formula is C23H22ClN5O4S. The highest BCUT2D eigenvalue weighted by Gasteiger charge is 2.28. The number of carbonyl (C=O) groups excluding carboxylic acids is 1. The van der Waals surface area contributed by atoms with Gasteiger partial charge in [-0.3, -0.25) is 24.0 Å². The summed E-state index contributed by atoms with van der Waals surface area (Å²) in [6.07, 6.45) is 2.96. The number of thiazole rings is 1. The number of anilines is 2. The molecule has 3 heterocycles. The van der Waals surface area contributed by atoms with Crippen molar-refractivity contribution >= 4 is 40.4 Å². The van der Waals surface area contributed by atoms with Crippen molar-refractivity contribution in [3.05, 3.63) is 85.4 Å². The zero-order chi connectivity index (χ0) is 24.2. The summed E-state index contributed by atoms with van der Waals surface area (Å²) < 4.78 is 6.67. The molecule has 11 heteroatoms. The molecule has 3 N–H and O–H groups in total. The van der Waals surface area contributed by atoms with Gasteiger partial charge in [0.2, 0.25) is 0 Å². The molecule has 0 aliphatic heterocycles. The molecule has 9 nitrogen and oxygen atoms in total. The summed E-state index contributed by atoms with van der Waals surface area (Å²) in [5, 5.41) is 2.75. The standard InChI is InChI=1S/C23H22ClN5O4S/c1-2-3-9-28-19(25)18(20(30)27-23(28)32)29(12-16-8-5-10-33-16)22(31)17-13-34-21(26-17)14-6-4-7-15(24)11-14/h4-8,10-11,13H,2-3,9,12,25H2,1H3,(H,27,30,32). The molecular weight excluding hydrogens is 478 g/mol. The molecule has 0 atom stereocenters. The van der Waals surface area contributed by atoms with E-state index in [0.717, 1.165) is 12.0 Å². The number of nitrogen functional groups attached to an aromatic ring is 1. The highest BCUT2D eigenvalue weighted by molar-refractivity contribution is 7.13. The van der Waals surface area contributed by atoms with E-state index < -0.39 is 17.2 Å². The summed E-state index contributed by atoms with van der Waals surface area (Å²) >= 11 is 7.36. The molecule has 0 spiro atoms. The molecule has 1 amide bonds. The fourth-order valence-electron chi connectivity index (χ4n) is 3.45. The molecule has 0 bridgehead atoms. The van der Waals surface area contributed by atoms with Gasteiger partial charge in [-0.05, 0) is 30.7 Å². The second-order valence-corrected chi connectivity index (χ2v) is 8.81. The number of nitrogens with one attached hydrogen (secondary N) is 1. The second-order valence-electron chi connectivity index (χ2n) is 7.52. The van der Waals surface area contributed by atoms with Crippen LogP contribution in [0, 0.1) is 0 Å². The van der Waals surface area contributed by atoms with Crippen molar-refractivity contribution in [1.82, 2.24) is 14.5 Å². The summed E-state index contributed by atoms with van der Waals surface area (Å²) in [4.78, 5) is 46.7. The molecule has 0 fully saturated rings. The largest absolute Gasteiger partial charge is 0.467 e. The molecule has 1 aromatic carbocycles. The Kier molecular flexibility index (Phi) is 6.99. The Labute approximate surface area is 203 Å². The molecule has 0 unspecified atom stereocenters. The molecule has 34 heavy (non-hydrogen) atoms. The van der Waals surface area contributed by atoms with Crippen molar-refractivity contribution in [1.29, 1.82) is 0 Å². The second kappa shape index (κ2) is 10.1. The van der Waals surface area contributed by atoms with E-state index >= 15 is 0 Å². The first-order valence-corrected chi connectivity index (χ1v) is 11.8. The lowest BCUT2D eigenvalue weighted by molar-refractivity contribution is 0.0979. The Bertz CT molecular complexity index is 1420. The van der Waals surface area contributed by atoms with Gasteiger partial charge in [0.25, 0.3) is 11.5 Å². The summed E-state index contributed by atoms with van der Waals surface area (Å²) in [5.74, 6) is -0.213. The minimum absolute atomic E-state index is 0.0743. The Balaban J connectivity index is 1.78. The number of hydrogen-bond donors (Lipinski definition) is 2. The third-order valence-electron chi connectivity index (χ3n) is 5.15. The first kappa shape index (κ1) is 23.5. The van der Waals surface area contributed by atoms with Gasteiger partial charge in [0.15, 0.2) is 5.69 Å². The van der Waals surface area contributed by atoms with Gasteiger partial charge in [0, 0.05) is 22.5 Å². The summed E-state index contributed by atoms with van der Waals surface area (Å²) in [5.41, 5.74) is 5.64. The number of halogens is 1. The highest BCUT2D eigenvalue weighted by Crippen LogP contribution is 2.28. The van der Waals surface area contributed by atoms with Gasteiger partial charge < -0.3 is 10.2 Å². The zero-order valence-electron chi connectivity index (χ0n) is 18.3. The number of rotatable bonds is 8. The van der Waals surface area contributed by atoms with Crippen LogP contribution < -0.4 is 21.9 Å². The van der Waals surface area contributed by atoms with Crippen molar-refractivity contribution in [3.63, 3.8) is 0 Å². The van der Waals surface area contributed by atoms with Crippen molar-refractivity contribution in [2.45, 2.75) is 32.9 Å². The monoisotopic (exact) mass is 499 g/mol. The van der Waals surface area contributed by atoms with Crippen LogP contribution in [0.25, 0.3) is 10.6 Å². The van der Waals surface area contributed by atoms with Crippen LogP contribution in [0.15, 0.2) is 62.0 Å². The maximum Gasteiger partial charge on any atom is 0.330 e. The number of hydrogen-bond acceptors (Lipinski definition) is 7. The molecule has 0 radical (unpaired) electrons. The van der Waals surface area contributed by atoms with Crippen LogP contribution in [-0.2, 0) is 13.1 Å². The lowest BCUT2D eigenvalue weighted by Gasteiger charge is -2.23. The van der Waals surface area contributed by atoms with E-state index in [1.54, 1.807) is 35.7 Å². The average molecular weight is 500 g/mol. The van der Waals surface area contributed by atoms with Gasteiger partial charge >= 0.3 is 5.69 Å². The van der Waals surface area contributed by atoms with Crippen molar-refractivity contribution in [3.8, 4) is 10.6 Å². The van der Waals surface area contributed by atoms with E-state index in [9.17, 15) is 14.4 Å². The van der Waals surface area contributed by atoms with E-state index in [1.807, 2.05) is 13.0 Å². The van der Waals surface area contributed by atoms with Crippen LogP contribution in [0.3, 0.4) is 0 Å². The van der Waals surface area contributed by atoms with E-state index in [-0.39, 0.29) is 23.7 Å². The number of nitrogens with zero attached hydrogens (tertiary/aromatic N) is 3. The fraction of sp³-hybridized carbons (Fsp3) is 0.217. The third kappa shape index (κ3) is 4.82. The maximum absolute atomic E-state index is 13.6. The topological polar surface area (TPSA) is 127 Å². The van der Waals surface area contributed by atoms with Crippen LogP contribution >= 0.6 is 22.9 Å². The van der Waals surface area contributed by atoms with Crippen molar-refractivity contribution < 1.29 is 9.21 Å². The Hall–Kier alpha value is -3.63. The number of aromatic nitrogens is 3. The van der Waals surface area contributed by atoms with Gasteiger partial charge in [-0.2, -0.15) is 0 Å². The van der Waals surface area contributed by atoms with E-state index in [4.69, 9.17) is 21.8 Å². The molecule has 0 aliphatic rings. The third-order valence-corrected chi connectivity index (χ3v) is 6.28. The van der Waals surface area contributed by atoms with Crippen LogP contribution in [-0.4, -0.2) is 20.4 Å². The first-order valence-electron chi connectivity index (χ1n) is 10.6. The van der Waals surface area contributed by atoms with E-state index in [2.05, 4.69) is 9.97 Å². The SMILES string of the molecule is CCCCn1c(N)c(N(Cc2ccco2)C(=O)c2csc(-c3cccc(Cl)c3)n2)c(=O)[nH]c1=O. The number of amides is 1. The molecule has 4 rings (SSSR count). The quantitative estimate of drug-likeness (QED) is 0.375. The fourth-order valence-corrected chi connectivity index (χ4v) is 4.43. The molecule has 4 aromatic rings. The van der Waals surface area contributed by atoms with Crippen LogP contribution in [0.5, 0.6) is 0 Å². The lowest BCUT2D eigenvalue weighted by atomic mass is 10.2. The van der Waals surface area contributed by atoms with E-state index in [0.29, 0.717) is 28.8 Å². The smallest absolute Gasteiger partial charge is 0.330 e. The number of H-pyrrole nitrogens is 1. The zero-order valence-corrected chi connectivity index (χ0v) is 19.9. The Morgan fingerprint density at radius 2 is 2.12 bits per heavy atom. The van der Waals surface area contributed by atoms with Crippen molar-refractivity contribution in [2.24, 2.45) is 0 Å². The van der Waals surface area contributed by atoms with Crippen LogP contribution in [0.4, 0.5) is 11.5 Å². The summed E-state index contributed by atoms with van der Waals surface area (Å²) in [7, 11) is 0. The molecule has 176 valence electrons.